The summed E-state index contributed by atoms with van der Waals surface area (Å²) >= 11 is 2.29. The van der Waals surface area contributed by atoms with Gasteiger partial charge in [-0.15, -0.1) is 0 Å². The number of nitrogens with zero attached hydrogens (tertiary/aromatic N) is 4. The molecular formula is C14H20IN5O. The SMILES string of the molecule is CCNc1nc(-c2c(C)nn(C)c2OC)nc(CC)c1I. The lowest BCUT2D eigenvalue weighted by atomic mass is 10.2. The van der Waals surface area contributed by atoms with Crippen LogP contribution in [0, 0.1) is 10.5 Å². The van der Waals surface area contributed by atoms with Crippen molar-refractivity contribution >= 4 is 28.4 Å². The second-order valence-electron chi connectivity index (χ2n) is 4.63. The van der Waals surface area contributed by atoms with Gasteiger partial charge in [0.1, 0.15) is 11.4 Å². The Balaban J connectivity index is 2.66. The standard InChI is InChI=1S/C14H20IN5O/c1-6-9-11(15)13(16-7-2)18-12(17-9)10-8(3)19-20(4)14(10)21-5/h6-7H2,1-5H3,(H,16,17,18). The van der Waals surface area contributed by atoms with Gasteiger partial charge in [0.15, 0.2) is 5.82 Å². The number of ether oxygens (including phenoxy) is 1. The van der Waals surface area contributed by atoms with Crippen molar-refractivity contribution < 1.29 is 4.74 Å². The van der Waals surface area contributed by atoms with Gasteiger partial charge in [0.25, 0.3) is 0 Å². The van der Waals surface area contributed by atoms with Crippen molar-refractivity contribution in [2.45, 2.75) is 27.2 Å². The van der Waals surface area contributed by atoms with E-state index in [1.54, 1.807) is 11.8 Å². The summed E-state index contributed by atoms with van der Waals surface area (Å²) in [5.41, 5.74) is 2.74. The summed E-state index contributed by atoms with van der Waals surface area (Å²) in [6.07, 6.45) is 0.855. The third-order valence-corrected chi connectivity index (χ3v) is 4.32. The van der Waals surface area contributed by atoms with E-state index >= 15 is 0 Å². The molecule has 0 spiro atoms. The van der Waals surface area contributed by atoms with Crippen molar-refractivity contribution in [1.82, 2.24) is 19.7 Å². The third kappa shape index (κ3) is 2.97. The average molecular weight is 401 g/mol. The van der Waals surface area contributed by atoms with E-state index in [-0.39, 0.29) is 0 Å². The Hall–Kier alpha value is -1.38. The van der Waals surface area contributed by atoms with Gasteiger partial charge in [-0.1, -0.05) is 6.92 Å². The molecule has 114 valence electrons. The molecule has 0 bridgehead atoms. The molecule has 21 heavy (non-hydrogen) atoms. The molecular weight excluding hydrogens is 381 g/mol. The normalized spacial score (nSPS) is 10.8. The van der Waals surface area contributed by atoms with Crippen molar-refractivity contribution in [3.05, 3.63) is 15.0 Å². The van der Waals surface area contributed by atoms with Gasteiger partial charge in [0, 0.05) is 13.6 Å². The van der Waals surface area contributed by atoms with E-state index in [2.05, 4.69) is 51.8 Å². The van der Waals surface area contributed by atoms with Crippen molar-refractivity contribution in [1.29, 1.82) is 0 Å². The first-order chi connectivity index (χ1) is 10.0. The van der Waals surface area contributed by atoms with Gasteiger partial charge < -0.3 is 10.1 Å². The summed E-state index contributed by atoms with van der Waals surface area (Å²) in [5, 5.41) is 7.70. The fraction of sp³-hybridized carbons (Fsp3) is 0.500. The van der Waals surface area contributed by atoms with E-state index in [9.17, 15) is 0 Å². The Morgan fingerprint density at radius 1 is 1.29 bits per heavy atom. The van der Waals surface area contributed by atoms with Crippen molar-refractivity contribution in [2.24, 2.45) is 7.05 Å². The number of aromatic nitrogens is 4. The lowest BCUT2D eigenvalue weighted by Crippen LogP contribution is -2.08. The highest BCUT2D eigenvalue weighted by Gasteiger charge is 2.21. The van der Waals surface area contributed by atoms with Gasteiger partial charge in [-0.05, 0) is 42.9 Å². The molecule has 2 aromatic heterocycles. The number of rotatable bonds is 5. The number of anilines is 1. The molecule has 0 aromatic carbocycles. The topological polar surface area (TPSA) is 64.9 Å². The van der Waals surface area contributed by atoms with Crippen molar-refractivity contribution in [3.63, 3.8) is 0 Å². The summed E-state index contributed by atoms with van der Waals surface area (Å²) in [7, 11) is 3.49. The summed E-state index contributed by atoms with van der Waals surface area (Å²) in [6.45, 7) is 6.91. The minimum atomic E-state index is 0.658. The van der Waals surface area contributed by atoms with Gasteiger partial charge in [0.05, 0.1) is 22.1 Å². The molecule has 7 heteroatoms. The van der Waals surface area contributed by atoms with E-state index in [1.165, 1.54) is 0 Å². The number of nitrogens with one attached hydrogen (secondary N) is 1. The van der Waals surface area contributed by atoms with Crippen LogP contribution in [-0.2, 0) is 13.5 Å². The van der Waals surface area contributed by atoms with Crippen LogP contribution in [0.2, 0.25) is 0 Å². The zero-order valence-corrected chi connectivity index (χ0v) is 15.1. The monoisotopic (exact) mass is 401 g/mol. The van der Waals surface area contributed by atoms with Crippen LogP contribution < -0.4 is 10.1 Å². The zero-order chi connectivity index (χ0) is 15.6. The van der Waals surface area contributed by atoms with E-state index in [1.807, 2.05) is 14.0 Å². The largest absolute Gasteiger partial charge is 0.481 e. The van der Waals surface area contributed by atoms with Crippen LogP contribution in [-0.4, -0.2) is 33.4 Å². The van der Waals surface area contributed by atoms with Crippen LogP contribution in [0.15, 0.2) is 0 Å². The first kappa shape index (κ1) is 16.0. The molecule has 2 rings (SSSR count). The number of aryl methyl sites for hydroxylation is 3. The summed E-state index contributed by atoms with van der Waals surface area (Å²) in [5.74, 6) is 2.20. The molecule has 0 radical (unpaired) electrons. The Morgan fingerprint density at radius 3 is 2.57 bits per heavy atom. The molecule has 0 saturated carbocycles. The van der Waals surface area contributed by atoms with Crippen molar-refractivity contribution in [3.8, 4) is 17.3 Å². The molecule has 0 amide bonds. The zero-order valence-electron chi connectivity index (χ0n) is 13.0. The minimum Gasteiger partial charge on any atom is -0.481 e. The molecule has 2 aromatic rings. The fourth-order valence-electron chi connectivity index (χ4n) is 2.25. The molecule has 0 aliphatic rings. The third-order valence-electron chi connectivity index (χ3n) is 3.19. The predicted molar refractivity (Wildman–Crippen MR) is 91.8 cm³/mol. The van der Waals surface area contributed by atoms with Crippen LogP contribution in [0.5, 0.6) is 5.88 Å². The molecule has 0 fully saturated rings. The van der Waals surface area contributed by atoms with Crippen LogP contribution in [0.4, 0.5) is 5.82 Å². The summed E-state index contributed by atoms with van der Waals surface area (Å²) < 4.78 is 8.24. The highest BCUT2D eigenvalue weighted by molar-refractivity contribution is 14.1. The Labute approximate surface area is 138 Å². The fourth-order valence-corrected chi connectivity index (χ4v) is 3.07. The maximum absolute atomic E-state index is 5.45. The number of halogens is 1. The first-order valence-corrected chi connectivity index (χ1v) is 7.99. The molecule has 1 N–H and O–H groups in total. The van der Waals surface area contributed by atoms with Crippen LogP contribution in [0.25, 0.3) is 11.4 Å². The smallest absolute Gasteiger partial charge is 0.222 e. The van der Waals surface area contributed by atoms with E-state index < -0.39 is 0 Å². The molecule has 0 atom stereocenters. The second-order valence-corrected chi connectivity index (χ2v) is 5.71. The van der Waals surface area contributed by atoms with E-state index in [0.717, 1.165) is 39.3 Å². The lowest BCUT2D eigenvalue weighted by Gasteiger charge is -2.12. The van der Waals surface area contributed by atoms with Gasteiger partial charge >= 0.3 is 0 Å². The van der Waals surface area contributed by atoms with E-state index in [4.69, 9.17) is 9.72 Å². The van der Waals surface area contributed by atoms with Crippen molar-refractivity contribution in [2.75, 3.05) is 19.0 Å². The first-order valence-electron chi connectivity index (χ1n) is 6.91. The van der Waals surface area contributed by atoms with Crippen LogP contribution in [0.1, 0.15) is 25.2 Å². The molecule has 0 aliphatic heterocycles. The second kappa shape index (κ2) is 6.59. The molecule has 0 saturated heterocycles. The van der Waals surface area contributed by atoms with E-state index in [0.29, 0.717) is 11.7 Å². The summed E-state index contributed by atoms with van der Waals surface area (Å²) in [6, 6.07) is 0. The van der Waals surface area contributed by atoms with Gasteiger partial charge in [-0.3, -0.25) is 0 Å². The van der Waals surface area contributed by atoms with Crippen LogP contribution in [0.3, 0.4) is 0 Å². The number of methoxy groups -OCH3 is 1. The maximum Gasteiger partial charge on any atom is 0.222 e. The number of hydrogen-bond acceptors (Lipinski definition) is 5. The molecule has 0 unspecified atom stereocenters. The average Bonchev–Trinajstić information content (AvgIpc) is 2.75. The predicted octanol–water partition coefficient (Wildman–Crippen LogP) is 2.79. The highest BCUT2D eigenvalue weighted by Crippen LogP contribution is 2.32. The highest BCUT2D eigenvalue weighted by atomic mass is 127. The Morgan fingerprint density at radius 2 is 2.00 bits per heavy atom. The van der Waals surface area contributed by atoms with Crippen LogP contribution >= 0.6 is 22.6 Å². The number of hydrogen-bond donors (Lipinski definition) is 1. The maximum atomic E-state index is 5.45. The molecule has 0 aliphatic carbocycles. The Bertz CT molecular complexity index is 653. The van der Waals surface area contributed by atoms with Gasteiger partial charge in [-0.2, -0.15) is 5.10 Å². The Kier molecular flexibility index (Phi) is 5.02. The van der Waals surface area contributed by atoms with Gasteiger partial charge in [-0.25, -0.2) is 14.6 Å². The minimum absolute atomic E-state index is 0.658. The molecule has 6 nitrogen and oxygen atoms in total. The van der Waals surface area contributed by atoms with Gasteiger partial charge in [0.2, 0.25) is 5.88 Å². The quantitative estimate of drug-likeness (QED) is 0.781. The summed E-state index contributed by atoms with van der Waals surface area (Å²) in [4.78, 5) is 9.36. The molecule has 2 heterocycles. The lowest BCUT2D eigenvalue weighted by molar-refractivity contribution is 0.374.